The zero-order valence-electron chi connectivity index (χ0n) is 8.83. The molecule has 4 nitrogen and oxygen atoms in total. The van der Waals surface area contributed by atoms with E-state index in [2.05, 4.69) is 0 Å². The molecule has 2 aliphatic rings. The van der Waals surface area contributed by atoms with E-state index in [1.54, 1.807) is 4.90 Å². The Balaban J connectivity index is 1.70. The Morgan fingerprint density at radius 2 is 2.12 bits per heavy atom. The standard InChI is InChI=1S/C12H13NO3/c14-12-13-7-6-10(11(8-13)16-12)15-9-4-2-1-3-5-9/h1-5,10-11H,6-8H2/t10-,11-/m1/s1. The van der Waals surface area contributed by atoms with Crippen molar-refractivity contribution in [1.29, 1.82) is 0 Å². The molecule has 1 aromatic rings. The van der Waals surface area contributed by atoms with E-state index < -0.39 is 0 Å². The normalized spacial score (nSPS) is 27.8. The fraction of sp³-hybridized carbons (Fsp3) is 0.417. The maximum Gasteiger partial charge on any atom is 0.410 e. The van der Waals surface area contributed by atoms with Gasteiger partial charge in [0.1, 0.15) is 11.9 Å². The second kappa shape index (κ2) is 3.70. The summed E-state index contributed by atoms with van der Waals surface area (Å²) in [5, 5.41) is 0. The number of amides is 1. The number of nitrogens with zero attached hydrogens (tertiary/aromatic N) is 1. The molecule has 3 rings (SSSR count). The largest absolute Gasteiger partial charge is 0.486 e. The predicted octanol–water partition coefficient (Wildman–Crippen LogP) is 1.66. The van der Waals surface area contributed by atoms with E-state index in [0.717, 1.165) is 18.7 Å². The third kappa shape index (κ3) is 1.60. The molecular weight excluding hydrogens is 206 g/mol. The predicted molar refractivity (Wildman–Crippen MR) is 57.3 cm³/mol. The minimum atomic E-state index is -0.204. The molecule has 2 aliphatic heterocycles. The van der Waals surface area contributed by atoms with Crippen molar-refractivity contribution < 1.29 is 14.3 Å². The van der Waals surface area contributed by atoms with Crippen LogP contribution in [0, 0.1) is 0 Å². The van der Waals surface area contributed by atoms with Gasteiger partial charge in [-0.05, 0) is 12.1 Å². The number of fused-ring (bicyclic) bond motifs is 2. The summed E-state index contributed by atoms with van der Waals surface area (Å²) in [6.45, 7) is 1.39. The van der Waals surface area contributed by atoms with Crippen LogP contribution < -0.4 is 4.74 Å². The Bertz CT molecular complexity index is 393. The molecule has 1 aromatic carbocycles. The highest BCUT2D eigenvalue weighted by Crippen LogP contribution is 2.26. The maximum absolute atomic E-state index is 11.3. The van der Waals surface area contributed by atoms with Crippen molar-refractivity contribution in [2.45, 2.75) is 18.6 Å². The Morgan fingerprint density at radius 3 is 2.94 bits per heavy atom. The Kier molecular flexibility index (Phi) is 2.20. The molecule has 0 aliphatic carbocycles. The summed E-state index contributed by atoms with van der Waals surface area (Å²) < 4.78 is 11.1. The molecule has 84 valence electrons. The van der Waals surface area contributed by atoms with Crippen LogP contribution in [0.25, 0.3) is 0 Å². The monoisotopic (exact) mass is 219 g/mol. The first-order chi connectivity index (χ1) is 7.83. The maximum atomic E-state index is 11.3. The van der Waals surface area contributed by atoms with Crippen molar-refractivity contribution in [1.82, 2.24) is 4.90 Å². The van der Waals surface area contributed by atoms with Gasteiger partial charge in [-0.15, -0.1) is 0 Å². The van der Waals surface area contributed by atoms with Crippen LogP contribution in [0.3, 0.4) is 0 Å². The number of hydrogen-bond acceptors (Lipinski definition) is 3. The van der Waals surface area contributed by atoms with Gasteiger partial charge < -0.3 is 14.4 Å². The molecule has 2 bridgehead atoms. The highest BCUT2D eigenvalue weighted by Gasteiger charge is 2.42. The highest BCUT2D eigenvalue weighted by atomic mass is 16.6. The van der Waals surface area contributed by atoms with Gasteiger partial charge in [0.25, 0.3) is 0 Å². The van der Waals surface area contributed by atoms with Crippen LogP contribution >= 0.6 is 0 Å². The Labute approximate surface area is 93.8 Å². The van der Waals surface area contributed by atoms with Crippen molar-refractivity contribution in [3.8, 4) is 5.75 Å². The van der Waals surface area contributed by atoms with Gasteiger partial charge in [-0.3, -0.25) is 0 Å². The van der Waals surface area contributed by atoms with Gasteiger partial charge in [-0.2, -0.15) is 0 Å². The quantitative estimate of drug-likeness (QED) is 0.759. The smallest absolute Gasteiger partial charge is 0.410 e. The van der Waals surface area contributed by atoms with Crippen LogP contribution in [-0.4, -0.2) is 36.3 Å². The van der Waals surface area contributed by atoms with Gasteiger partial charge in [0.2, 0.25) is 0 Å². The molecule has 0 radical (unpaired) electrons. The molecule has 0 unspecified atom stereocenters. The van der Waals surface area contributed by atoms with Crippen molar-refractivity contribution in [2.75, 3.05) is 13.1 Å². The molecular formula is C12H13NO3. The summed E-state index contributed by atoms with van der Waals surface area (Å²) >= 11 is 0. The van der Waals surface area contributed by atoms with Crippen molar-refractivity contribution in [3.63, 3.8) is 0 Å². The molecule has 0 spiro atoms. The highest BCUT2D eigenvalue weighted by molar-refractivity contribution is 5.70. The van der Waals surface area contributed by atoms with Crippen molar-refractivity contribution >= 4 is 6.09 Å². The van der Waals surface area contributed by atoms with Crippen molar-refractivity contribution in [2.24, 2.45) is 0 Å². The summed E-state index contributed by atoms with van der Waals surface area (Å²) in [5.74, 6) is 0.837. The van der Waals surface area contributed by atoms with Gasteiger partial charge >= 0.3 is 6.09 Å². The summed E-state index contributed by atoms with van der Waals surface area (Å²) in [6, 6.07) is 9.66. The molecule has 1 amide bonds. The van der Waals surface area contributed by atoms with E-state index in [1.807, 2.05) is 30.3 Å². The summed E-state index contributed by atoms with van der Waals surface area (Å²) in [4.78, 5) is 13.0. The molecule has 2 saturated heterocycles. The number of hydrogen-bond donors (Lipinski definition) is 0. The van der Waals surface area contributed by atoms with Crippen molar-refractivity contribution in [3.05, 3.63) is 30.3 Å². The molecule has 0 aromatic heterocycles. The minimum Gasteiger partial charge on any atom is -0.486 e. The van der Waals surface area contributed by atoms with E-state index in [9.17, 15) is 4.79 Å². The third-order valence-corrected chi connectivity index (χ3v) is 3.04. The molecule has 16 heavy (non-hydrogen) atoms. The lowest BCUT2D eigenvalue weighted by Crippen LogP contribution is -2.42. The first kappa shape index (κ1) is 9.51. The van der Waals surface area contributed by atoms with Gasteiger partial charge in [-0.1, -0.05) is 18.2 Å². The van der Waals surface area contributed by atoms with E-state index in [-0.39, 0.29) is 18.3 Å². The lowest BCUT2D eigenvalue weighted by Gasteiger charge is -2.27. The lowest BCUT2D eigenvalue weighted by molar-refractivity contribution is 0.0396. The van der Waals surface area contributed by atoms with Crippen LogP contribution in [0.15, 0.2) is 30.3 Å². The minimum absolute atomic E-state index is 0.00917. The summed E-state index contributed by atoms with van der Waals surface area (Å²) in [6.07, 6.45) is 0.515. The molecule has 0 N–H and O–H groups in total. The molecule has 0 saturated carbocycles. The number of piperidine rings is 1. The van der Waals surface area contributed by atoms with Crippen LogP contribution in [0.1, 0.15) is 6.42 Å². The molecule has 2 atom stereocenters. The number of carbonyl (C=O) groups is 1. The van der Waals surface area contributed by atoms with Gasteiger partial charge in [0.15, 0.2) is 6.10 Å². The fourth-order valence-corrected chi connectivity index (χ4v) is 2.19. The van der Waals surface area contributed by atoms with Gasteiger partial charge in [-0.25, -0.2) is 4.79 Å². The van der Waals surface area contributed by atoms with E-state index in [4.69, 9.17) is 9.47 Å². The fourth-order valence-electron chi connectivity index (χ4n) is 2.19. The van der Waals surface area contributed by atoms with Crippen LogP contribution in [-0.2, 0) is 4.74 Å². The lowest BCUT2D eigenvalue weighted by atomic mass is 10.1. The van der Waals surface area contributed by atoms with Gasteiger partial charge in [0.05, 0.1) is 6.54 Å². The average Bonchev–Trinajstić information content (AvgIpc) is 2.61. The van der Waals surface area contributed by atoms with Crippen LogP contribution in [0.2, 0.25) is 0 Å². The number of para-hydroxylation sites is 1. The van der Waals surface area contributed by atoms with Crippen LogP contribution in [0.4, 0.5) is 4.79 Å². The summed E-state index contributed by atoms with van der Waals surface area (Å²) in [5.41, 5.74) is 0. The number of ether oxygens (including phenoxy) is 2. The average molecular weight is 219 g/mol. The zero-order chi connectivity index (χ0) is 11.0. The first-order valence-electron chi connectivity index (χ1n) is 5.50. The molecule has 2 heterocycles. The number of carbonyl (C=O) groups excluding carboxylic acids is 1. The second-order valence-electron chi connectivity index (χ2n) is 4.13. The summed E-state index contributed by atoms with van der Waals surface area (Å²) in [7, 11) is 0. The molecule has 4 heteroatoms. The SMILES string of the molecule is O=C1O[C@@H]2CN1CC[C@H]2Oc1ccccc1. The number of rotatable bonds is 2. The van der Waals surface area contributed by atoms with E-state index in [1.165, 1.54) is 0 Å². The molecule has 2 fully saturated rings. The van der Waals surface area contributed by atoms with E-state index >= 15 is 0 Å². The second-order valence-corrected chi connectivity index (χ2v) is 4.13. The van der Waals surface area contributed by atoms with Crippen LogP contribution in [0.5, 0.6) is 5.75 Å². The first-order valence-corrected chi connectivity index (χ1v) is 5.50. The Hall–Kier alpha value is -1.71. The zero-order valence-corrected chi connectivity index (χ0v) is 8.83. The topological polar surface area (TPSA) is 38.8 Å². The van der Waals surface area contributed by atoms with Gasteiger partial charge in [0, 0.05) is 13.0 Å². The van der Waals surface area contributed by atoms with E-state index in [0.29, 0.717) is 6.54 Å². The third-order valence-electron chi connectivity index (χ3n) is 3.04. The number of benzene rings is 1. The Morgan fingerprint density at radius 1 is 1.31 bits per heavy atom.